The van der Waals surface area contributed by atoms with Crippen LogP contribution in [0.4, 0.5) is 5.69 Å². The standard InChI is InChI=1S/C18H17N/c1-3-9-15(10-4-1)17-13-7-8-14-18(17)19-16-11-5-2-6-12-16/h1,3-5,7-14,19H,2,6H2. The second-order valence-corrected chi connectivity index (χ2v) is 4.68. The molecule has 0 fully saturated rings. The summed E-state index contributed by atoms with van der Waals surface area (Å²) >= 11 is 0. The van der Waals surface area contributed by atoms with E-state index in [9.17, 15) is 0 Å². The Morgan fingerprint density at radius 3 is 2.37 bits per heavy atom. The van der Waals surface area contributed by atoms with Crippen molar-refractivity contribution < 1.29 is 0 Å². The SMILES string of the molecule is C1=CC(Nc2ccccc2-c2ccccc2)=CCC1. The van der Waals surface area contributed by atoms with Gasteiger partial charge in [-0.25, -0.2) is 0 Å². The predicted octanol–water partition coefficient (Wildman–Crippen LogP) is 5.00. The fourth-order valence-corrected chi connectivity index (χ4v) is 2.32. The number of nitrogens with one attached hydrogen (secondary N) is 1. The van der Waals surface area contributed by atoms with Gasteiger partial charge in [-0.2, -0.15) is 0 Å². The fourth-order valence-electron chi connectivity index (χ4n) is 2.32. The number of hydrogen-bond donors (Lipinski definition) is 1. The molecule has 19 heavy (non-hydrogen) atoms. The number of para-hydroxylation sites is 1. The van der Waals surface area contributed by atoms with Crippen molar-refractivity contribution >= 4 is 5.69 Å². The van der Waals surface area contributed by atoms with Crippen LogP contribution in [0.3, 0.4) is 0 Å². The van der Waals surface area contributed by atoms with Gasteiger partial charge in [0.1, 0.15) is 0 Å². The van der Waals surface area contributed by atoms with Gasteiger partial charge >= 0.3 is 0 Å². The molecule has 2 aromatic carbocycles. The van der Waals surface area contributed by atoms with Gasteiger partial charge in [0.2, 0.25) is 0 Å². The first kappa shape index (κ1) is 11.8. The highest BCUT2D eigenvalue weighted by atomic mass is 14.9. The molecule has 1 heteroatoms. The van der Waals surface area contributed by atoms with E-state index < -0.39 is 0 Å². The molecule has 0 aliphatic heterocycles. The fraction of sp³-hybridized carbons (Fsp3) is 0.111. The number of rotatable bonds is 3. The van der Waals surface area contributed by atoms with E-state index in [0.717, 1.165) is 18.5 Å². The number of allylic oxidation sites excluding steroid dienone is 3. The molecule has 0 unspecified atom stereocenters. The van der Waals surface area contributed by atoms with Crippen LogP contribution >= 0.6 is 0 Å². The predicted molar refractivity (Wildman–Crippen MR) is 82.0 cm³/mol. The highest BCUT2D eigenvalue weighted by molar-refractivity contribution is 5.79. The molecule has 1 aliphatic carbocycles. The van der Waals surface area contributed by atoms with E-state index >= 15 is 0 Å². The highest BCUT2D eigenvalue weighted by Crippen LogP contribution is 2.29. The van der Waals surface area contributed by atoms with Crippen LogP contribution in [0.25, 0.3) is 11.1 Å². The van der Waals surface area contributed by atoms with Gasteiger partial charge in [0.15, 0.2) is 0 Å². The van der Waals surface area contributed by atoms with Crippen molar-refractivity contribution in [1.29, 1.82) is 0 Å². The average Bonchev–Trinajstić information content (AvgIpc) is 2.50. The van der Waals surface area contributed by atoms with E-state index in [1.54, 1.807) is 0 Å². The molecular formula is C18H17N. The van der Waals surface area contributed by atoms with E-state index in [4.69, 9.17) is 0 Å². The average molecular weight is 247 g/mol. The zero-order valence-electron chi connectivity index (χ0n) is 10.8. The topological polar surface area (TPSA) is 12.0 Å². The smallest absolute Gasteiger partial charge is 0.0463 e. The van der Waals surface area contributed by atoms with Crippen molar-refractivity contribution in [2.75, 3.05) is 5.32 Å². The summed E-state index contributed by atoms with van der Waals surface area (Å²) in [4.78, 5) is 0. The second kappa shape index (κ2) is 5.57. The van der Waals surface area contributed by atoms with Crippen LogP contribution in [0.1, 0.15) is 12.8 Å². The molecule has 3 rings (SSSR count). The van der Waals surface area contributed by atoms with E-state index in [2.05, 4.69) is 72.1 Å². The highest BCUT2D eigenvalue weighted by Gasteiger charge is 2.05. The van der Waals surface area contributed by atoms with E-state index in [1.165, 1.54) is 16.8 Å². The molecule has 94 valence electrons. The minimum absolute atomic E-state index is 1.12. The molecule has 0 heterocycles. The van der Waals surface area contributed by atoms with Crippen LogP contribution in [0.15, 0.2) is 78.5 Å². The minimum Gasteiger partial charge on any atom is -0.355 e. The Kier molecular flexibility index (Phi) is 3.46. The first-order valence-corrected chi connectivity index (χ1v) is 6.72. The van der Waals surface area contributed by atoms with Gasteiger partial charge in [-0.05, 0) is 30.5 Å². The van der Waals surface area contributed by atoms with Crippen LogP contribution < -0.4 is 5.32 Å². The summed E-state index contributed by atoms with van der Waals surface area (Å²) in [6.45, 7) is 0. The first-order valence-electron chi connectivity index (χ1n) is 6.72. The maximum Gasteiger partial charge on any atom is 0.0463 e. The third-order valence-corrected chi connectivity index (χ3v) is 3.29. The quantitative estimate of drug-likeness (QED) is 0.804. The lowest BCUT2D eigenvalue weighted by Crippen LogP contribution is -2.00. The lowest BCUT2D eigenvalue weighted by molar-refractivity contribution is 1.02. The third kappa shape index (κ3) is 2.76. The van der Waals surface area contributed by atoms with Gasteiger partial charge in [-0.3, -0.25) is 0 Å². The largest absolute Gasteiger partial charge is 0.355 e. The lowest BCUT2D eigenvalue weighted by Gasteiger charge is -2.14. The minimum atomic E-state index is 1.12. The zero-order valence-corrected chi connectivity index (χ0v) is 10.8. The van der Waals surface area contributed by atoms with Gasteiger partial charge < -0.3 is 5.32 Å². The Morgan fingerprint density at radius 1 is 0.789 bits per heavy atom. The van der Waals surface area contributed by atoms with Crippen molar-refractivity contribution in [1.82, 2.24) is 0 Å². The van der Waals surface area contributed by atoms with Crippen LogP contribution in [-0.4, -0.2) is 0 Å². The van der Waals surface area contributed by atoms with Crippen molar-refractivity contribution in [3.8, 4) is 11.1 Å². The molecule has 1 N–H and O–H groups in total. The van der Waals surface area contributed by atoms with Crippen molar-refractivity contribution in [3.05, 3.63) is 78.5 Å². The summed E-state index contributed by atoms with van der Waals surface area (Å²) in [5, 5.41) is 3.52. The summed E-state index contributed by atoms with van der Waals surface area (Å²) in [5.41, 5.74) is 4.83. The molecule has 2 aromatic rings. The lowest BCUT2D eigenvalue weighted by atomic mass is 10.0. The second-order valence-electron chi connectivity index (χ2n) is 4.68. The Bertz CT molecular complexity index is 609. The van der Waals surface area contributed by atoms with Crippen LogP contribution in [0.2, 0.25) is 0 Å². The van der Waals surface area contributed by atoms with Crippen molar-refractivity contribution in [2.45, 2.75) is 12.8 Å². The number of hydrogen-bond acceptors (Lipinski definition) is 1. The molecule has 0 saturated carbocycles. The monoisotopic (exact) mass is 247 g/mol. The molecule has 0 spiro atoms. The molecular weight excluding hydrogens is 230 g/mol. The summed E-state index contributed by atoms with van der Waals surface area (Å²) in [6.07, 6.45) is 8.89. The van der Waals surface area contributed by atoms with Gasteiger partial charge in [0.25, 0.3) is 0 Å². The van der Waals surface area contributed by atoms with E-state index in [1.807, 2.05) is 6.07 Å². The zero-order chi connectivity index (χ0) is 12.9. The number of anilines is 1. The molecule has 0 amide bonds. The Balaban J connectivity index is 1.94. The molecule has 0 bridgehead atoms. The van der Waals surface area contributed by atoms with Gasteiger partial charge in [-0.15, -0.1) is 0 Å². The Hall–Kier alpha value is -2.28. The van der Waals surface area contributed by atoms with Crippen molar-refractivity contribution in [2.24, 2.45) is 0 Å². The number of benzene rings is 2. The van der Waals surface area contributed by atoms with Crippen molar-refractivity contribution in [3.63, 3.8) is 0 Å². The molecule has 1 nitrogen and oxygen atoms in total. The normalized spacial score (nSPS) is 14.0. The van der Waals surface area contributed by atoms with Gasteiger partial charge in [0, 0.05) is 16.9 Å². The van der Waals surface area contributed by atoms with Gasteiger partial charge in [0.05, 0.1) is 0 Å². The summed E-state index contributed by atoms with van der Waals surface area (Å²) in [5.74, 6) is 0. The summed E-state index contributed by atoms with van der Waals surface area (Å²) in [6, 6.07) is 18.9. The molecule has 0 radical (unpaired) electrons. The Morgan fingerprint density at radius 2 is 1.58 bits per heavy atom. The molecule has 0 saturated heterocycles. The molecule has 0 atom stereocenters. The van der Waals surface area contributed by atoms with Gasteiger partial charge in [-0.1, -0.05) is 60.7 Å². The van der Waals surface area contributed by atoms with Crippen LogP contribution in [0, 0.1) is 0 Å². The van der Waals surface area contributed by atoms with Crippen LogP contribution in [-0.2, 0) is 0 Å². The van der Waals surface area contributed by atoms with Crippen LogP contribution in [0.5, 0.6) is 0 Å². The van der Waals surface area contributed by atoms with E-state index in [0.29, 0.717) is 0 Å². The maximum atomic E-state index is 3.52. The molecule has 1 aliphatic rings. The summed E-state index contributed by atoms with van der Waals surface area (Å²) in [7, 11) is 0. The third-order valence-electron chi connectivity index (χ3n) is 3.29. The Labute approximate surface area is 114 Å². The molecule has 0 aromatic heterocycles. The maximum absolute atomic E-state index is 3.52. The summed E-state index contributed by atoms with van der Waals surface area (Å²) < 4.78 is 0. The first-order chi connectivity index (χ1) is 9.43. The van der Waals surface area contributed by atoms with E-state index in [-0.39, 0.29) is 0 Å².